The third kappa shape index (κ3) is 2.13. The van der Waals surface area contributed by atoms with Crippen molar-refractivity contribution in [2.24, 2.45) is 17.8 Å². The summed E-state index contributed by atoms with van der Waals surface area (Å²) in [4.78, 5) is 37.9. The van der Waals surface area contributed by atoms with Gasteiger partial charge in [0, 0.05) is 0 Å². The van der Waals surface area contributed by atoms with Gasteiger partial charge < -0.3 is 4.74 Å². The zero-order valence-corrected chi connectivity index (χ0v) is 12.5. The minimum atomic E-state index is -0.447. The minimum Gasteiger partial charge on any atom is -0.465 e. The quantitative estimate of drug-likeness (QED) is 0.477. The molecule has 2 amide bonds. The number of allylic oxidation sites excluding steroid dienone is 2. The molecule has 0 unspecified atom stereocenters. The van der Waals surface area contributed by atoms with Crippen molar-refractivity contribution in [3.8, 4) is 0 Å². The molecule has 1 saturated heterocycles. The SMILES string of the molecule is COC(=O)c1ccc(N2C(=O)[C@@H]3[C@H](C)C=CC[C@H]3C2=O)cc1. The first kappa shape index (κ1) is 14.5. The summed E-state index contributed by atoms with van der Waals surface area (Å²) >= 11 is 0. The average molecular weight is 299 g/mol. The monoisotopic (exact) mass is 299 g/mol. The highest BCUT2D eigenvalue weighted by molar-refractivity contribution is 6.22. The van der Waals surface area contributed by atoms with Crippen LogP contribution in [0.2, 0.25) is 0 Å². The molecule has 0 spiro atoms. The highest BCUT2D eigenvalue weighted by Gasteiger charge is 2.50. The van der Waals surface area contributed by atoms with Gasteiger partial charge in [-0.1, -0.05) is 19.1 Å². The second-order valence-electron chi connectivity index (χ2n) is 5.71. The lowest BCUT2D eigenvalue weighted by Gasteiger charge is -2.22. The maximum Gasteiger partial charge on any atom is 0.337 e. The van der Waals surface area contributed by atoms with E-state index < -0.39 is 5.97 Å². The molecule has 5 nitrogen and oxygen atoms in total. The van der Waals surface area contributed by atoms with E-state index in [-0.39, 0.29) is 29.6 Å². The zero-order chi connectivity index (χ0) is 15.9. The van der Waals surface area contributed by atoms with E-state index in [0.717, 1.165) is 0 Å². The third-order valence-corrected chi connectivity index (χ3v) is 4.42. The lowest BCUT2D eigenvalue weighted by Crippen LogP contribution is -2.31. The van der Waals surface area contributed by atoms with Crippen molar-refractivity contribution >= 4 is 23.5 Å². The fourth-order valence-corrected chi connectivity index (χ4v) is 3.27. The number of carbonyl (C=O) groups is 3. The fourth-order valence-electron chi connectivity index (χ4n) is 3.27. The summed E-state index contributed by atoms with van der Waals surface area (Å²) in [5, 5.41) is 0. The first-order chi connectivity index (χ1) is 10.5. The van der Waals surface area contributed by atoms with Crippen LogP contribution in [-0.2, 0) is 14.3 Å². The van der Waals surface area contributed by atoms with Gasteiger partial charge in [-0.3, -0.25) is 14.5 Å². The van der Waals surface area contributed by atoms with E-state index in [0.29, 0.717) is 17.7 Å². The predicted molar refractivity (Wildman–Crippen MR) is 80.2 cm³/mol. The van der Waals surface area contributed by atoms with Crippen molar-refractivity contribution in [2.75, 3.05) is 12.0 Å². The number of esters is 1. The smallest absolute Gasteiger partial charge is 0.337 e. The maximum atomic E-state index is 12.6. The number of methoxy groups -OCH3 is 1. The molecule has 5 heteroatoms. The van der Waals surface area contributed by atoms with Crippen molar-refractivity contribution in [1.29, 1.82) is 0 Å². The molecule has 0 bridgehead atoms. The van der Waals surface area contributed by atoms with Crippen molar-refractivity contribution < 1.29 is 19.1 Å². The molecule has 2 aliphatic rings. The number of benzene rings is 1. The Kier molecular flexibility index (Phi) is 3.56. The number of anilines is 1. The molecular weight excluding hydrogens is 282 g/mol. The van der Waals surface area contributed by atoms with Crippen LogP contribution in [0.1, 0.15) is 23.7 Å². The molecule has 1 aliphatic carbocycles. The average Bonchev–Trinajstić information content (AvgIpc) is 2.79. The summed E-state index contributed by atoms with van der Waals surface area (Å²) in [6, 6.07) is 6.34. The normalized spacial score (nSPS) is 27.0. The Bertz CT molecular complexity index is 662. The van der Waals surface area contributed by atoms with Crippen LogP contribution in [0.25, 0.3) is 0 Å². The van der Waals surface area contributed by atoms with Crippen molar-refractivity contribution in [3.05, 3.63) is 42.0 Å². The summed E-state index contributed by atoms with van der Waals surface area (Å²) in [6.07, 6.45) is 4.58. The first-order valence-corrected chi connectivity index (χ1v) is 7.27. The van der Waals surface area contributed by atoms with E-state index >= 15 is 0 Å². The van der Waals surface area contributed by atoms with Crippen molar-refractivity contribution in [2.45, 2.75) is 13.3 Å². The number of fused-ring (bicyclic) bond motifs is 1. The molecule has 3 atom stereocenters. The molecule has 0 saturated carbocycles. The van der Waals surface area contributed by atoms with Crippen LogP contribution in [0.4, 0.5) is 5.69 Å². The zero-order valence-electron chi connectivity index (χ0n) is 12.5. The fraction of sp³-hybridized carbons (Fsp3) is 0.353. The van der Waals surface area contributed by atoms with Gasteiger partial charge in [0.25, 0.3) is 0 Å². The van der Waals surface area contributed by atoms with Gasteiger partial charge in [-0.2, -0.15) is 0 Å². The molecule has 0 radical (unpaired) electrons. The van der Waals surface area contributed by atoms with E-state index in [1.54, 1.807) is 24.3 Å². The Labute approximate surface area is 128 Å². The summed E-state index contributed by atoms with van der Waals surface area (Å²) in [5.74, 6) is -1.24. The number of amides is 2. The number of nitrogens with zero attached hydrogens (tertiary/aromatic N) is 1. The Balaban J connectivity index is 1.91. The number of carbonyl (C=O) groups excluding carboxylic acids is 3. The van der Waals surface area contributed by atoms with Crippen molar-refractivity contribution in [3.63, 3.8) is 0 Å². The van der Waals surface area contributed by atoms with E-state index in [1.807, 2.05) is 19.1 Å². The molecule has 1 aromatic carbocycles. The molecular formula is C17H17NO4. The molecule has 1 heterocycles. The van der Waals surface area contributed by atoms with E-state index in [4.69, 9.17) is 0 Å². The summed E-state index contributed by atoms with van der Waals surface area (Å²) in [5.41, 5.74) is 0.891. The number of rotatable bonds is 2. The van der Waals surface area contributed by atoms with Gasteiger partial charge in [0.15, 0.2) is 0 Å². The standard InChI is InChI=1S/C17H17NO4/c1-10-4-3-5-13-14(10)16(20)18(15(13)19)12-8-6-11(7-9-12)17(21)22-2/h3-4,6-10,13-14H,5H2,1-2H3/t10-,13-,14-/m1/s1. The van der Waals surface area contributed by atoms with Crippen LogP contribution in [-0.4, -0.2) is 24.9 Å². The topological polar surface area (TPSA) is 63.7 Å². The van der Waals surface area contributed by atoms with E-state index in [2.05, 4.69) is 4.74 Å². The summed E-state index contributed by atoms with van der Waals surface area (Å²) in [7, 11) is 1.31. The van der Waals surface area contributed by atoms with Crippen LogP contribution >= 0.6 is 0 Å². The van der Waals surface area contributed by atoms with Gasteiger partial charge in [-0.15, -0.1) is 0 Å². The lowest BCUT2D eigenvalue weighted by atomic mass is 9.78. The van der Waals surface area contributed by atoms with Gasteiger partial charge in [0.2, 0.25) is 11.8 Å². The Hall–Kier alpha value is -2.43. The summed E-state index contributed by atoms with van der Waals surface area (Å²) in [6.45, 7) is 1.96. The van der Waals surface area contributed by atoms with Crippen LogP contribution in [0.3, 0.4) is 0 Å². The molecule has 3 rings (SSSR count). The molecule has 1 aromatic rings. The van der Waals surface area contributed by atoms with Crippen LogP contribution < -0.4 is 4.90 Å². The van der Waals surface area contributed by atoms with Gasteiger partial charge >= 0.3 is 5.97 Å². The van der Waals surface area contributed by atoms with E-state index in [1.165, 1.54) is 12.0 Å². The highest BCUT2D eigenvalue weighted by atomic mass is 16.5. The Morgan fingerprint density at radius 2 is 1.86 bits per heavy atom. The molecule has 1 aliphatic heterocycles. The van der Waals surface area contributed by atoms with Gasteiger partial charge in [-0.25, -0.2) is 4.79 Å². The van der Waals surface area contributed by atoms with Crippen LogP contribution in [0, 0.1) is 17.8 Å². The molecule has 114 valence electrons. The second-order valence-corrected chi connectivity index (χ2v) is 5.71. The molecule has 1 fully saturated rings. The number of hydrogen-bond donors (Lipinski definition) is 0. The number of hydrogen-bond acceptors (Lipinski definition) is 4. The van der Waals surface area contributed by atoms with E-state index in [9.17, 15) is 14.4 Å². The largest absolute Gasteiger partial charge is 0.465 e. The third-order valence-electron chi connectivity index (χ3n) is 4.42. The van der Waals surface area contributed by atoms with Crippen LogP contribution in [0.5, 0.6) is 0 Å². The Morgan fingerprint density at radius 1 is 1.18 bits per heavy atom. The highest BCUT2D eigenvalue weighted by Crippen LogP contribution is 2.40. The molecule has 22 heavy (non-hydrogen) atoms. The second kappa shape index (κ2) is 5.40. The van der Waals surface area contributed by atoms with Gasteiger partial charge in [-0.05, 0) is 36.6 Å². The molecule has 0 N–H and O–H groups in total. The number of imide groups is 1. The predicted octanol–water partition coefficient (Wildman–Crippen LogP) is 2.17. The first-order valence-electron chi connectivity index (χ1n) is 7.27. The van der Waals surface area contributed by atoms with Gasteiger partial charge in [0.1, 0.15) is 0 Å². The molecule has 0 aromatic heterocycles. The Morgan fingerprint density at radius 3 is 2.45 bits per heavy atom. The number of ether oxygens (including phenoxy) is 1. The van der Waals surface area contributed by atoms with Crippen molar-refractivity contribution in [1.82, 2.24) is 0 Å². The maximum absolute atomic E-state index is 12.6. The summed E-state index contributed by atoms with van der Waals surface area (Å²) < 4.78 is 4.64. The van der Waals surface area contributed by atoms with Crippen LogP contribution in [0.15, 0.2) is 36.4 Å². The lowest BCUT2D eigenvalue weighted by molar-refractivity contribution is -0.122. The van der Waals surface area contributed by atoms with Gasteiger partial charge in [0.05, 0.1) is 30.2 Å². The minimum absolute atomic E-state index is 0.0644.